The molecule has 2 N–H and O–H groups in total. The number of piperidine rings is 2. The summed E-state index contributed by atoms with van der Waals surface area (Å²) in [5, 5.41) is 17.2. The number of ketones is 1. The second-order valence-electron chi connectivity index (χ2n) is 10.3. The number of aromatic nitrogens is 2. The number of rotatable bonds is 4. The summed E-state index contributed by atoms with van der Waals surface area (Å²) in [5.41, 5.74) is 1.33. The highest BCUT2D eigenvalue weighted by Gasteiger charge is 2.41. The minimum atomic E-state index is -0.940. The van der Waals surface area contributed by atoms with Crippen molar-refractivity contribution in [3.8, 4) is 0 Å². The Hall–Kier alpha value is -4.54. The van der Waals surface area contributed by atoms with Crippen LogP contribution in [-0.2, 0) is 15.1 Å². The number of hydrogen-bond acceptors (Lipinski definition) is 6. The lowest BCUT2D eigenvalue weighted by atomic mass is 9.90. The topological polar surface area (TPSA) is 142 Å². The van der Waals surface area contributed by atoms with E-state index >= 15 is 0 Å². The van der Waals surface area contributed by atoms with Crippen molar-refractivity contribution in [3.05, 3.63) is 59.4 Å². The average Bonchev–Trinajstić information content (AvgIpc) is 3.50. The largest absolute Gasteiger partial charge is 0.465 e. The van der Waals surface area contributed by atoms with Gasteiger partial charge in [0, 0.05) is 42.2 Å². The van der Waals surface area contributed by atoms with Gasteiger partial charge in [0.1, 0.15) is 6.04 Å². The third kappa shape index (κ3) is 3.57. The molecule has 0 aliphatic carbocycles. The van der Waals surface area contributed by atoms with Gasteiger partial charge in [-0.25, -0.2) is 4.79 Å². The number of imide groups is 1. The molecule has 38 heavy (non-hydrogen) atoms. The molecule has 4 heterocycles. The Morgan fingerprint density at radius 1 is 1.11 bits per heavy atom. The Morgan fingerprint density at radius 2 is 1.87 bits per heavy atom. The Labute approximate surface area is 217 Å². The summed E-state index contributed by atoms with van der Waals surface area (Å²) < 4.78 is 1.74. The van der Waals surface area contributed by atoms with Crippen molar-refractivity contribution < 1.29 is 29.1 Å². The van der Waals surface area contributed by atoms with Crippen molar-refractivity contribution in [1.29, 1.82) is 0 Å². The van der Waals surface area contributed by atoms with Gasteiger partial charge in [0.05, 0.1) is 23.0 Å². The van der Waals surface area contributed by atoms with Crippen LogP contribution in [0.25, 0.3) is 10.8 Å². The van der Waals surface area contributed by atoms with E-state index in [9.17, 15) is 29.1 Å². The van der Waals surface area contributed by atoms with Gasteiger partial charge in [-0.05, 0) is 49.8 Å². The molecule has 194 valence electrons. The van der Waals surface area contributed by atoms with Crippen LogP contribution in [0, 0.1) is 0 Å². The molecule has 1 atom stereocenters. The molecule has 3 aromatic rings. The number of nitrogens with zero attached hydrogens (tertiary/aromatic N) is 4. The van der Waals surface area contributed by atoms with E-state index in [0.717, 1.165) is 0 Å². The van der Waals surface area contributed by atoms with Crippen molar-refractivity contribution in [3.63, 3.8) is 0 Å². The zero-order chi connectivity index (χ0) is 26.8. The monoisotopic (exact) mass is 515 g/mol. The lowest BCUT2D eigenvalue weighted by Gasteiger charge is -2.38. The van der Waals surface area contributed by atoms with Crippen LogP contribution in [0.4, 0.5) is 10.5 Å². The standard InChI is InChI=1S/C27H25N5O6/c1-27(9-11-30(12-10-27)26(37)38)31-14-15(13-28-31)23(34)17-5-6-19-22-16(17)3-2-4-18(22)25(36)32(19)20-7-8-21(33)29-24(20)35/h2-6,13-14,20H,7-12H2,1H3,(H,37,38)(H,29,33,35). The van der Waals surface area contributed by atoms with Crippen LogP contribution >= 0.6 is 0 Å². The summed E-state index contributed by atoms with van der Waals surface area (Å²) >= 11 is 0. The molecule has 2 aromatic carbocycles. The van der Waals surface area contributed by atoms with Gasteiger partial charge >= 0.3 is 6.09 Å². The van der Waals surface area contributed by atoms with Crippen molar-refractivity contribution in [2.24, 2.45) is 0 Å². The molecule has 4 amide bonds. The fourth-order valence-electron chi connectivity index (χ4n) is 5.74. The van der Waals surface area contributed by atoms with Crippen LogP contribution in [-0.4, -0.2) is 68.5 Å². The fraction of sp³-hybridized carbons (Fsp3) is 0.333. The van der Waals surface area contributed by atoms with Gasteiger partial charge < -0.3 is 10.0 Å². The van der Waals surface area contributed by atoms with Gasteiger partial charge in [-0.1, -0.05) is 12.1 Å². The number of nitrogens with one attached hydrogen (secondary N) is 1. The maximum absolute atomic E-state index is 13.7. The molecule has 1 aromatic heterocycles. The predicted octanol–water partition coefficient (Wildman–Crippen LogP) is 2.52. The van der Waals surface area contributed by atoms with E-state index in [1.165, 1.54) is 16.0 Å². The van der Waals surface area contributed by atoms with Gasteiger partial charge in [0.25, 0.3) is 5.91 Å². The van der Waals surface area contributed by atoms with Crippen molar-refractivity contribution in [2.45, 2.75) is 44.2 Å². The van der Waals surface area contributed by atoms with E-state index in [-0.39, 0.29) is 30.4 Å². The van der Waals surface area contributed by atoms with Crippen LogP contribution in [0.2, 0.25) is 0 Å². The van der Waals surface area contributed by atoms with Crippen molar-refractivity contribution >= 4 is 46.1 Å². The molecule has 11 heteroatoms. The third-order valence-electron chi connectivity index (χ3n) is 8.00. The van der Waals surface area contributed by atoms with Crippen LogP contribution in [0.1, 0.15) is 58.9 Å². The number of carboxylic acid groups (broad SMARTS) is 1. The van der Waals surface area contributed by atoms with E-state index in [1.807, 2.05) is 6.92 Å². The summed E-state index contributed by atoms with van der Waals surface area (Å²) in [4.78, 5) is 65.3. The summed E-state index contributed by atoms with van der Waals surface area (Å²) in [6.07, 6.45) is 3.80. The van der Waals surface area contributed by atoms with Gasteiger partial charge in [0.15, 0.2) is 5.78 Å². The molecule has 3 aliphatic heterocycles. The molecule has 3 aliphatic rings. The number of amides is 4. The van der Waals surface area contributed by atoms with E-state index in [1.54, 1.807) is 41.2 Å². The van der Waals surface area contributed by atoms with Crippen LogP contribution in [0.5, 0.6) is 0 Å². The summed E-state index contributed by atoms with van der Waals surface area (Å²) in [6.45, 7) is 2.78. The minimum absolute atomic E-state index is 0.146. The summed E-state index contributed by atoms with van der Waals surface area (Å²) in [5.74, 6) is -1.45. The van der Waals surface area contributed by atoms with Gasteiger partial charge in [-0.2, -0.15) is 5.10 Å². The summed E-state index contributed by atoms with van der Waals surface area (Å²) in [7, 11) is 0. The minimum Gasteiger partial charge on any atom is -0.465 e. The highest BCUT2D eigenvalue weighted by Crippen LogP contribution is 2.41. The molecule has 0 saturated carbocycles. The first-order valence-electron chi connectivity index (χ1n) is 12.5. The SMILES string of the molecule is CC1(n2cc(C(=O)c3ccc4c5c(cccc35)C(=O)N4C3CCC(=O)NC3=O)cn2)CCN(C(=O)O)CC1. The second kappa shape index (κ2) is 8.51. The van der Waals surface area contributed by atoms with E-state index in [4.69, 9.17) is 0 Å². The lowest BCUT2D eigenvalue weighted by Crippen LogP contribution is -2.53. The predicted molar refractivity (Wildman–Crippen MR) is 135 cm³/mol. The van der Waals surface area contributed by atoms with E-state index in [0.29, 0.717) is 59.1 Å². The molecular weight excluding hydrogens is 490 g/mol. The Balaban J connectivity index is 1.33. The zero-order valence-corrected chi connectivity index (χ0v) is 20.6. The molecular formula is C27H25N5O6. The Bertz CT molecular complexity index is 1550. The molecule has 0 spiro atoms. The smallest absolute Gasteiger partial charge is 0.407 e. The maximum Gasteiger partial charge on any atom is 0.407 e. The zero-order valence-electron chi connectivity index (χ0n) is 20.6. The number of carbonyl (C=O) groups excluding carboxylic acids is 4. The molecule has 6 rings (SSSR count). The third-order valence-corrected chi connectivity index (χ3v) is 8.00. The molecule has 0 bridgehead atoms. The van der Waals surface area contributed by atoms with Crippen LogP contribution in [0.3, 0.4) is 0 Å². The highest BCUT2D eigenvalue weighted by molar-refractivity contribution is 6.30. The normalized spacial score (nSPS) is 20.7. The van der Waals surface area contributed by atoms with Gasteiger partial charge in [0.2, 0.25) is 11.8 Å². The number of benzene rings is 2. The molecule has 0 radical (unpaired) electrons. The molecule has 2 saturated heterocycles. The highest BCUT2D eigenvalue weighted by atomic mass is 16.4. The number of anilines is 1. The van der Waals surface area contributed by atoms with Crippen LogP contribution < -0.4 is 10.2 Å². The quantitative estimate of drug-likeness (QED) is 0.402. The first-order chi connectivity index (χ1) is 18.2. The summed E-state index contributed by atoms with van der Waals surface area (Å²) in [6, 6.07) is 7.71. The number of hydrogen-bond donors (Lipinski definition) is 2. The van der Waals surface area contributed by atoms with Crippen molar-refractivity contribution in [1.82, 2.24) is 20.0 Å². The maximum atomic E-state index is 13.7. The first-order valence-corrected chi connectivity index (χ1v) is 12.5. The molecule has 1 unspecified atom stereocenters. The second-order valence-corrected chi connectivity index (χ2v) is 10.3. The molecule has 11 nitrogen and oxygen atoms in total. The van der Waals surface area contributed by atoms with E-state index < -0.39 is 23.6 Å². The fourth-order valence-corrected chi connectivity index (χ4v) is 5.74. The number of carbonyl (C=O) groups is 5. The Morgan fingerprint density at radius 3 is 2.58 bits per heavy atom. The Kier molecular flexibility index (Phi) is 5.33. The van der Waals surface area contributed by atoms with Crippen LogP contribution in [0.15, 0.2) is 42.7 Å². The van der Waals surface area contributed by atoms with Crippen molar-refractivity contribution in [2.75, 3.05) is 18.0 Å². The molecule has 2 fully saturated rings. The van der Waals surface area contributed by atoms with Gasteiger partial charge in [-0.15, -0.1) is 0 Å². The average molecular weight is 516 g/mol. The first kappa shape index (κ1) is 23.8. The van der Waals surface area contributed by atoms with E-state index in [2.05, 4.69) is 10.4 Å². The number of likely N-dealkylation sites (tertiary alicyclic amines) is 1. The van der Waals surface area contributed by atoms with Gasteiger partial charge in [-0.3, -0.25) is 34.1 Å². The lowest BCUT2D eigenvalue weighted by molar-refractivity contribution is -0.134.